The van der Waals surface area contributed by atoms with Crippen LogP contribution in [0.4, 0.5) is 0 Å². The summed E-state index contributed by atoms with van der Waals surface area (Å²) in [6.07, 6.45) is 3.36. The van der Waals surface area contributed by atoms with Gasteiger partial charge in [-0.15, -0.1) is 0 Å². The highest BCUT2D eigenvalue weighted by Gasteiger charge is 2.32. The SMILES string of the molecule is CC(C)NC(=O)Cn1c(-c2cccc(Cl)c2)nc2ccc(C3CC(CN4CCCOCC4)C3)cc2c1=O. The number of carbonyl (C=O) groups is 1. The van der Waals surface area contributed by atoms with Crippen LogP contribution >= 0.6 is 11.6 Å². The van der Waals surface area contributed by atoms with Crippen molar-refractivity contribution in [2.45, 2.75) is 51.6 Å². The number of ether oxygens (including phenoxy) is 1. The number of rotatable bonds is 7. The summed E-state index contributed by atoms with van der Waals surface area (Å²) in [4.78, 5) is 33.8. The van der Waals surface area contributed by atoms with Gasteiger partial charge in [-0.1, -0.05) is 29.8 Å². The number of hydrogen-bond donors (Lipinski definition) is 1. The first-order valence-corrected chi connectivity index (χ1v) is 13.6. The van der Waals surface area contributed by atoms with Crippen LogP contribution in [0.2, 0.25) is 5.02 Å². The van der Waals surface area contributed by atoms with Crippen LogP contribution < -0.4 is 10.9 Å². The van der Waals surface area contributed by atoms with Crippen molar-refractivity contribution in [3.8, 4) is 11.4 Å². The zero-order valence-corrected chi connectivity index (χ0v) is 22.3. The van der Waals surface area contributed by atoms with Gasteiger partial charge in [-0.25, -0.2) is 4.98 Å². The summed E-state index contributed by atoms with van der Waals surface area (Å²) in [6.45, 7) is 8.64. The quantitative estimate of drug-likeness (QED) is 0.496. The summed E-state index contributed by atoms with van der Waals surface area (Å²) < 4.78 is 7.06. The van der Waals surface area contributed by atoms with Crippen LogP contribution in [-0.4, -0.2) is 59.2 Å². The van der Waals surface area contributed by atoms with Gasteiger partial charge in [-0.05, 0) is 74.8 Å². The summed E-state index contributed by atoms with van der Waals surface area (Å²) in [6, 6.07) is 13.2. The van der Waals surface area contributed by atoms with Crippen LogP contribution in [0.15, 0.2) is 47.3 Å². The fourth-order valence-electron chi connectivity index (χ4n) is 5.50. The number of carbonyl (C=O) groups excluding carboxylic acids is 1. The molecule has 0 bridgehead atoms. The Morgan fingerprint density at radius 2 is 2.00 bits per heavy atom. The third kappa shape index (κ3) is 6.06. The van der Waals surface area contributed by atoms with Crippen LogP contribution in [0, 0.1) is 5.92 Å². The minimum Gasteiger partial charge on any atom is -0.380 e. The second-order valence-electron chi connectivity index (χ2n) is 10.6. The van der Waals surface area contributed by atoms with Crippen molar-refractivity contribution in [2.24, 2.45) is 5.92 Å². The van der Waals surface area contributed by atoms with E-state index in [4.69, 9.17) is 21.3 Å². The van der Waals surface area contributed by atoms with Crippen molar-refractivity contribution >= 4 is 28.4 Å². The maximum atomic E-state index is 13.8. The molecule has 0 unspecified atom stereocenters. The third-order valence-corrected chi connectivity index (χ3v) is 7.59. The predicted octanol–water partition coefficient (Wildman–Crippen LogP) is 4.46. The second kappa shape index (κ2) is 11.3. The highest BCUT2D eigenvalue weighted by atomic mass is 35.5. The number of nitrogens with one attached hydrogen (secondary N) is 1. The van der Waals surface area contributed by atoms with Crippen molar-refractivity contribution in [2.75, 3.05) is 32.8 Å². The lowest BCUT2D eigenvalue weighted by atomic mass is 9.71. The van der Waals surface area contributed by atoms with Gasteiger partial charge >= 0.3 is 0 Å². The molecule has 2 aliphatic rings. The topological polar surface area (TPSA) is 76.5 Å². The Morgan fingerprint density at radius 1 is 1.16 bits per heavy atom. The van der Waals surface area contributed by atoms with Crippen molar-refractivity contribution < 1.29 is 9.53 Å². The smallest absolute Gasteiger partial charge is 0.262 e. The summed E-state index contributed by atoms with van der Waals surface area (Å²) in [7, 11) is 0. The van der Waals surface area contributed by atoms with E-state index in [1.807, 2.05) is 38.1 Å². The van der Waals surface area contributed by atoms with Crippen LogP contribution in [0.5, 0.6) is 0 Å². The Bertz CT molecular complexity index is 1320. The standard InChI is InChI=1S/C29H35ClN4O3/c1-19(2)31-27(35)18-34-28(22-5-3-6-24(30)15-22)32-26-8-7-21(16-25(26)29(34)36)23-13-20(14-23)17-33-9-4-11-37-12-10-33/h3,5-8,15-16,19-20,23H,4,9-14,17-18H2,1-2H3,(H,31,35). The number of amides is 1. The molecule has 2 aromatic carbocycles. The van der Waals surface area contributed by atoms with Crippen molar-refractivity contribution in [3.63, 3.8) is 0 Å². The highest BCUT2D eigenvalue weighted by molar-refractivity contribution is 6.30. The van der Waals surface area contributed by atoms with E-state index in [1.165, 1.54) is 10.1 Å². The van der Waals surface area contributed by atoms with Crippen LogP contribution in [0.25, 0.3) is 22.3 Å². The Morgan fingerprint density at radius 3 is 2.78 bits per heavy atom. The van der Waals surface area contributed by atoms with Gasteiger partial charge in [0.2, 0.25) is 5.91 Å². The van der Waals surface area contributed by atoms with E-state index in [2.05, 4.69) is 16.3 Å². The largest absolute Gasteiger partial charge is 0.380 e. The van der Waals surface area contributed by atoms with Gasteiger partial charge in [0.05, 0.1) is 17.5 Å². The monoisotopic (exact) mass is 522 g/mol. The maximum absolute atomic E-state index is 13.8. The van der Waals surface area contributed by atoms with Gasteiger partial charge in [-0.3, -0.25) is 14.2 Å². The molecule has 0 radical (unpaired) electrons. The van der Waals surface area contributed by atoms with Crippen molar-refractivity contribution in [1.29, 1.82) is 0 Å². The highest BCUT2D eigenvalue weighted by Crippen LogP contribution is 2.42. The molecule has 8 heteroatoms. The molecule has 5 rings (SSSR count). The molecule has 0 spiro atoms. The summed E-state index contributed by atoms with van der Waals surface area (Å²) in [5, 5.41) is 3.98. The summed E-state index contributed by atoms with van der Waals surface area (Å²) in [5.41, 5.74) is 2.30. The average Bonchev–Trinajstić information content (AvgIpc) is 3.11. The third-order valence-electron chi connectivity index (χ3n) is 7.35. The summed E-state index contributed by atoms with van der Waals surface area (Å²) >= 11 is 6.24. The number of aromatic nitrogens is 2. The second-order valence-corrected chi connectivity index (χ2v) is 11.1. The molecule has 37 heavy (non-hydrogen) atoms. The first-order chi connectivity index (χ1) is 17.9. The molecule has 1 amide bonds. The fraction of sp³-hybridized carbons (Fsp3) is 0.483. The normalized spacial score (nSPS) is 20.5. The molecule has 0 atom stereocenters. The summed E-state index contributed by atoms with van der Waals surface area (Å²) in [5.74, 6) is 1.34. The Labute approximate surface area is 222 Å². The molecule has 3 aromatic rings. The molecule has 196 valence electrons. The lowest BCUT2D eigenvalue weighted by molar-refractivity contribution is -0.122. The van der Waals surface area contributed by atoms with Crippen LogP contribution in [0.3, 0.4) is 0 Å². The van der Waals surface area contributed by atoms with Crippen molar-refractivity contribution in [3.05, 3.63) is 63.4 Å². The van der Waals surface area contributed by atoms with Gasteiger partial charge in [0.25, 0.3) is 5.56 Å². The van der Waals surface area contributed by atoms with Crippen LogP contribution in [-0.2, 0) is 16.1 Å². The number of halogens is 1. The number of hydrogen-bond acceptors (Lipinski definition) is 5. The molecule has 7 nitrogen and oxygen atoms in total. The van der Waals surface area contributed by atoms with Crippen LogP contribution in [0.1, 0.15) is 44.6 Å². The number of fused-ring (bicyclic) bond motifs is 1. The van der Waals surface area contributed by atoms with E-state index >= 15 is 0 Å². The first-order valence-electron chi connectivity index (χ1n) is 13.3. The van der Waals surface area contributed by atoms with E-state index in [1.54, 1.807) is 12.1 Å². The Hall–Kier alpha value is -2.74. The van der Waals surface area contributed by atoms with Crippen molar-refractivity contribution in [1.82, 2.24) is 19.8 Å². The van der Waals surface area contributed by atoms with E-state index in [-0.39, 0.29) is 24.1 Å². The lowest BCUT2D eigenvalue weighted by Gasteiger charge is -2.38. The molecule has 1 saturated heterocycles. The first kappa shape index (κ1) is 25.9. The Kier molecular flexibility index (Phi) is 7.93. The zero-order valence-electron chi connectivity index (χ0n) is 21.6. The van der Waals surface area contributed by atoms with Gasteiger partial charge in [0.1, 0.15) is 12.4 Å². The molecule has 1 N–H and O–H groups in total. The number of nitrogens with zero attached hydrogens (tertiary/aromatic N) is 3. The molecule has 2 fully saturated rings. The average molecular weight is 523 g/mol. The molecular weight excluding hydrogens is 488 g/mol. The van der Waals surface area contributed by atoms with E-state index in [0.717, 1.165) is 52.1 Å². The van der Waals surface area contributed by atoms with Gasteiger partial charge in [-0.2, -0.15) is 0 Å². The molecule has 2 heterocycles. The minimum atomic E-state index is -0.224. The molecular formula is C29H35ClN4O3. The lowest BCUT2D eigenvalue weighted by Crippen LogP contribution is -2.37. The van der Waals surface area contributed by atoms with Gasteiger partial charge in [0.15, 0.2) is 0 Å². The zero-order chi connectivity index (χ0) is 25.9. The molecule has 1 aliphatic carbocycles. The molecule has 1 aromatic heterocycles. The fourth-order valence-corrected chi connectivity index (χ4v) is 5.69. The van der Waals surface area contributed by atoms with E-state index < -0.39 is 0 Å². The van der Waals surface area contributed by atoms with Gasteiger partial charge in [0, 0.05) is 42.9 Å². The van der Waals surface area contributed by atoms with E-state index in [0.29, 0.717) is 39.1 Å². The predicted molar refractivity (Wildman–Crippen MR) is 147 cm³/mol. The molecule has 1 saturated carbocycles. The van der Waals surface area contributed by atoms with Gasteiger partial charge < -0.3 is 15.0 Å². The maximum Gasteiger partial charge on any atom is 0.262 e. The Balaban J connectivity index is 1.42. The molecule has 1 aliphatic heterocycles. The minimum absolute atomic E-state index is 0.0220. The van der Waals surface area contributed by atoms with E-state index in [9.17, 15) is 9.59 Å². The number of benzene rings is 2.